The molecule has 0 radical (unpaired) electrons. The minimum atomic E-state index is -0.723. The minimum Gasteiger partial charge on any atom is -0.480 e. The van der Waals surface area contributed by atoms with E-state index in [-0.39, 0.29) is 10.7 Å². The number of hydrogen-bond donors (Lipinski definition) is 1. The highest BCUT2D eigenvalue weighted by atomic mass is 32.2. The summed E-state index contributed by atoms with van der Waals surface area (Å²) >= 11 is 1.45. The van der Waals surface area contributed by atoms with E-state index in [2.05, 4.69) is 19.9 Å². The van der Waals surface area contributed by atoms with Crippen LogP contribution >= 0.6 is 11.8 Å². The van der Waals surface area contributed by atoms with Gasteiger partial charge in [0, 0.05) is 12.0 Å². The van der Waals surface area contributed by atoms with Gasteiger partial charge in [-0.05, 0) is 29.0 Å². The average molecular weight is 266 g/mol. The van der Waals surface area contributed by atoms with E-state index in [1.54, 1.807) is 7.11 Å². The summed E-state index contributed by atoms with van der Waals surface area (Å²) in [5, 5.41) is 8.85. The Bertz CT molecular complexity index is 468. The molecule has 1 N–H and O–H groups in total. The molecule has 2 rings (SSSR count). The van der Waals surface area contributed by atoms with Crippen molar-refractivity contribution in [2.75, 3.05) is 7.11 Å². The second-order valence-corrected chi connectivity index (χ2v) is 6.54. The summed E-state index contributed by atoms with van der Waals surface area (Å²) in [5.41, 5.74) is 2.27. The molecule has 0 saturated heterocycles. The smallest absolute Gasteiger partial charge is 0.317 e. The summed E-state index contributed by atoms with van der Waals surface area (Å²) in [7, 11) is 1.68. The van der Waals surface area contributed by atoms with Crippen molar-refractivity contribution < 1.29 is 14.6 Å². The molecular formula is C14H18O3S. The molecule has 0 aliphatic carbocycles. The number of carbonyl (C=O) groups is 1. The number of fused-ring (bicyclic) bond motifs is 1. The summed E-state index contributed by atoms with van der Waals surface area (Å²) in [6.07, 6.45) is 0.663. The largest absolute Gasteiger partial charge is 0.480 e. The Hall–Kier alpha value is -1.00. The third-order valence-electron chi connectivity index (χ3n) is 3.32. The summed E-state index contributed by atoms with van der Waals surface area (Å²) < 4.78 is 5.15. The molecule has 1 heterocycles. The third-order valence-corrected chi connectivity index (χ3v) is 4.59. The van der Waals surface area contributed by atoms with Crippen LogP contribution in [-0.2, 0) is 21.6 Å². The number of carboxylic acids is 1. The van der Waals surface area contributed by atoms with E-state index < -0.39 is 5.97 Å². The monoisotopic (exact) mass is 266 g/mol. The van der Waals surface area contributed by atoms with Crippen LogP contribution in [0.5, 0.6) is 0 Å². The van der Waals surface area contributed by atoms with Crippen molar-refractivity contribution >= 4 is 17.7 Å². The van der Waals surface area contributed by atoms with Crippen molar-refractivity contribution in [3.05, 3.63) is 29.3 Å². The molecule has 0 bridgehead atoms. The molecule has 98 valence electrons. The van der Waals surface area contributed by atoms with Crippen molar-refractivity contribution in [1.29, 1.82) is 0 Å². The van der Waals surface area contributed by atoms with Gasteiger partial charge in [0.2, 0.25) is 0 Å². The van der Waals surface area contributed by atoms with Crippen LogP contribution in [0.4, 0.5) is 0 Å². The van der Waals surface area contributed by atoms with E-state index in [1.807, 2.05) is 12.1 Å². The van der Waals surface area contributed by atoms with Crippen molar-refractivity contribution in [1.82, 2.24) is 0 Å². The molecule has 1 unspecified atom stereocenters. The highest BCUT2D eigenvalue weighted by Crippen LogP contribution is 2.45. The predicted octanol–water partition coefficient (Wildman–Crippen LogP) is 3.06. The van der Waals surface area contributed by atoms with Crippen molar-refractivity contribution in [2.45, 2.75) is 42.4 Å². The van der Waals surface area contributed by atoms with Crippen LogP contribution in [0.3, 0.4) is 0 Å². The fraction of sp³-hybridized carbons (Fsp3) is 0.500. The Labute approximate surface area is 112 Å². The Morgan fingerprint density at radius 3 is 2.89 bits per heavy atom. The summed E-state index contributed by atoms with van der Waals surface area (Å²) in [4.78, 5) is 12.3. The van der Waals surface area contributed by atoms with Gasteiger partial charge in [-0.3, -0.25) is 4.79 Å². The second-order valence-electron chi connectivity index (χ2n) is 5.30. The Morgan fingerprint density at radius 1 is 1.56 bits per heavy atom. The molecule has 3 nitrogen and oxygen atoms in total. The van der Waals surface area contributed by atoms with Gasteiger partial charge in [-0.1, -0.05) is 26.0 Å². The van der Waals surface area contributed by atoms with Gasteiger partial charge in [-0.25, -0.2) is 0 Å². The van der Waals surface area contributed by atoms with E-state index >= 15 is 0 Å². The average Bonchev–Trinajstić information content (AvgIpc) is 2.29. The maximum Gasteiger partial charge on any atom is 0.317 e. The number of benzene rings is 1. The Morgan fingerprint density at radius 2 is 2.28 bits per heavy atom. The zero-order chi connectivity index (χ0) is 13.3. The lowest BCUT2D eigenvalue weighted by Crippen LogP contribution is -2.32. The normalized spacial score (nSPS) is 21.4. The third kappa shape index (κ3) is 2.54. The Kier molecular flexibility index (Phi) is 3.69. The van der Waals surface area contributed by atoms with Gasteiger partial charge in [-0.2, -0.15) is 0 Å². The first-order valence-corrected chi connectivity index (χ1v) is 6.84. The van der Waals surface area contributed by atoms with E-state index in [4.69, 9.17) is 4.74 Å². The van der Waals surface area contributed by atoms with Crippen LogP contribution in [0, 0.1) is 0 Å². The van der Waals surface area contributed by atoms with Crippen LogP contribution in [0.1, 0.15) is 31.4 Å². The first kappa shape index (κ1) is 13.4. The number of thioether (sulfide) groups is 1. The van der Waals surface area contributed by atoms with Crippen LogP contribution < -0.4 is 0 Å². The van der Waals surface area contributed by atoms with Crippen molar-refractivity contribution in [3.63, 3.8) is 0 Å². The number of ether oxygens (including phenoxy) is 1. The molecule has 0 fully saturated rings. The quantitative estimate of drug-likeness (QED) is 0.913. The lowest BCUT2D eigenvalue weighted by molar-refractivity contribution is -0.136. The molecule has 0 spiro atoms. The molecule has 1 aromatic carbocycles. The molecule has 1 atom stereocenters. The highest BCUT2D eigenvalue weighted by Gasteiger charge is 2.36. The van der Waals surface area contributed by atoms with Crippen molar-refractivity contribution in [3.8, 4) is 0 Å². The first-order chi connectivity index (χ1) is 8.44. The van der Waals surface area contributed by atoms with Crippen LogP contribution in [-0.4, -0.2) is 23.4 Å². The highest BCUT2D eigenvalue weighted by molar-refractivity contribution is 8.00. The van der Waals surface area contributed by atoms with Gasteiger partial charge in [0.1, 0.15) is 5.25 Å². The van der Waals surface area contributed by atoms with Gasteiger partial charge in [0.15, 0.2) is 0 Å². The van der Waals surface area contributed by atoms with Crippen LogP contribution in [0.25, 0.3) is 0 Å². The fourth-order valence-electron chi connectivity index (χ4n) is 2.37. The lowest BCUT2D eigenvalue weighted by Gasteiger charge is -2.35. The van der Waals surface area contributed by atoms with Crippen molar-refractivity contribution in [2.24, 2.45) is 0 Å². The maximum atomic E-state index is 11.2. The van der Waals surface area contributed by atoms with E-state index in [9.17, 15) is 9.90 Å². The molecule has 1 aliphatic rings. The number of carboxylic acid groups (broad SMARTS) is 1. The molecule has 1 aromatic rings. The molecule has 0 amide bonds. The SMILES string of the molecule is COCc1ccc2c(c1)C(C)(C)CC(C(=O)O)S2. The molecule has 1 aliphatic heterocycles. The second kappa shape index (κ2) is 4.94. The number of hydrogen-bond acceptors (Lipinski definition) is 3. The fourth-order valence-corrected chi connectivity index (χ4v) is 3.89. The molecule has 4 heteroatoms. The molecule has 0 aromatic heterocycles. The summed E-state index contributed by atoms with van der Waals surface area (Å²) in [6.45, 7) is 4.81. The minimum absolute atomic E-state index is 0.104. The van der Waals surface area contributed by atoms with Gasteiger partial charge < -0.3 is 9.84 Å². The van der Waals surface area contributed by atoms with Crippen LogP contribution in [0.2, 0.25) is 0 Å². The van der Waals surface area contributed by atoms with Crippen LogP contribution in [0.15, 0.2) is 23.1 Å². The first-order valence-electron chi connectivity index (χ1n) is 5.96. The zero-order valence-electron chi connectivity index (χ0n) is 10.9. The Balaban J connectivity index is 2.39. The summed E-state index contributed by atoms with van der Waals surface area (Å²) in [6, 6.07) is 6.17. The van der Waals surface area contributed by atoms with Gasteiger partial charge in [-0.15, -0.1) is 11.8 Å². The molecule has 18 heavy (non-hydrogen) atoms. The maximum absolute atomic E-state index is 11.2. The number of aliphatic carboxylic acids is 1. The summed E-state index contributed by atoms with van der Waals surface area (Å²) in [5.74, 6) is -0.723. The van der Waals surface area contributed by atoms with E-state index in [0.717, 1.165) is 10.5 Å². The van der Waals surface area contributed by atoms with E-state index in [0.29, 0.717) is 13.0 Å². The predicted molar refractivity (Wildman–Crippen MR) is 72.1 cm³/mol. The number of methoxy groups -OCH3 is 1. The standard InChI is InChI=1S/C14H18O3S/c1-14(2)7-12(13(15)16)18-11-5-4-9(8-17-3)6-10(11)14/h4-6,12H,7-8H2,1-3H3,(H,15,16). The van der Waals surface area contributed by atoms with Gasteiger partial charge in [0.25, 0.3) is 0 Å². The topological polar surface area (TPSA) is 46.5 Å². The number of rotatable bonds is 3. The molecule has 0 saturated carbocycles. The zero-order valence-corrected chi connectivity index (χ0v) is 11.7. The molecular weight excluding hydrogens is 248 g/mol. The van der Waals surface area contributed by atoms with E-state index in [1.165, 1.54) is 17.3 Å². The van der Waals surface area contributed by atoms with Gasteiger partial charge in [0.05, 0.1) is 6.61 Å². The lowest BCUT2D eigenvalue weighted by atomic mass is 9.79. The van der Waals surface area contributed by atoms with Gasteiger partial charge >= 0.3 is 5.97 Å².